The van der Waals surface area contributed by atoms with Gasteiger partial charge >= 0.3 is 0 Å². The predicted octanol–water partition coefficient (Wildman–Crippen LogP) is 14.9. The van der Waals surface area contributed by atoms with Gasteiger partial charge in [-0.1, -0.05) is 152 Å². The molecule has 0 spiro atoms. The van der Waals surface area contributed by atoms with E-state index >= 15 is 0 Å². The summed E-state index contributed by atoms with van der Waals surface area (Å²) in [6, 6.07) is 73.6. The Morgan fingerprint density at radius 2 is 0.964 bits per heavy atom. The van der Waals surface area contributed by atoms with Gasteiger partial charge in [0.2, 0.25) is 5.89 Å². The zero-order valence-electron chi connectivity index (χ0n) is 30.4. The number of hydrogen-bond donors (Lipinski definition) is 0. The highest BCUT2D eigenvalue weighted by Gasteiger charge is 2.20. The first-order chi connectivity index (χ1) is 27.7. The molecule has 0 unspecified atom stereocenters. The maximum absolute atomic E-state index is 6.65. The summed E-state index contributed by atoms with van der Waals surface area (Å²) in [6.45, 7) is 0. The lowest BCUT2D eigenvalue weighted by molar-refractivity contribution is 0.623. The van der Waals surface area contributed by atoms with Crippen LogP contribution in [0.2, 0.25) is 0 Å². The third-order valence-electron chi connectivity index (χ3n) is 11.0. The van der Waals surface area contributed by atoms with Crippen molar-refractivity contribution in [2.24, 2.45) is 0 Å². The summed E-state index contributed by atoms with van der Waals surface area (Å²) in [5.41, 5.74) is 10.6. The SMILES string of the molecule is c1ccc(-c2cccc(N(c3ccc(-c4ccc5ccccc5c4)cc3)c3cccc4c3ccc3ccc5ccc6nc(-c7ccccc7)oc6c5c34)c2)cc1. The van der Waals surface area contributed by atoms with Gasteiger partial charge in [0, 0.05) is 33.1 Å². The van der Waals surface area contributed by atoms with Crippen molar-refractivity contribution in [1.82, 2.24) is 4.98 Å². The average Bonchev–Trinajstić information content (AvgIpc) is 3.72. The molecule has 56 heavy (non-hydrogen) atoms. The number of rotatable bonds is 6. The molecule has 0 saturated carbocycles. The predicted molar refractivity (Wildman–Crippen MR) is 235 cm³/mol. The van der Waals surface area contributed by atoms with Crippen LogP contribution in [-0.4, -0.2) is 4.98 Å². The van der Waals surface area contributed by atoms with E-state index in [9.17, 15) is 0 Å². The molecular weight excluding hydrogens is 681 g/mol. The maximum atomic E-state index is 6.65. The topological polar surface area (TPSA) is 29.3 Å². The minimum absolute atomic E-state index is 0.627. The molecular formula is C53H34N2O. The van der Waals surface area contributed by atoms with Crippen LogP contribution >= 0.6 is 0 Å². The van der Waals surface area contributed by atoms with Crippen molar-refractivity contribution in [3.8, 4) is 33.7 Å². The Balaban J connectivity index is 1.12. The Kier molecular flexibility index (Phi) is 7.49. The molecule has 3 nitrogen and oxygen atoms in total. The fraction of sp³-hybridized carbons (Fsp3) is 0. The van der Waals surface area contributed by atoms with Crippen molar-refractivity contribution < 1.29 is 4.42 Å². The Morgan fingerprint density at radius 1 is 0.357 bits per heavy atom. The number of anilines is 3. The van der Waals surface area contributed by atoms with Crippen LogP contribution in [-0.2, 0) is 0 Å². The number of oxazole rings is 1. The second-order valence-electron chi connectivity index (χ2n) is 14.4. The van der Waals surface area contributed by atoms with Crippen molar-refractivity contribution in [3.05, 3.63) is 206 Å². The second kappa shape index (κ2) is 13.1. The van der Waals surface area contributed by atoms with Gasteiger partial charge < -0.3 is 9.32 Å². The molecule has 11 aromatic rings. The van der Waals surface area contributed by atoms with Crippen LogP contribution in [0.3, 0.4) is 0 Å². The first-order valence-corrected chi connectivity index (χ1v) is 19.0. The molecule has 0 fully saturated rings. The van der Waals surface area contributed by atoms with E-state index in [-0.39, 0.29) is 0 Å². The Bertz CT molecular complexity index is 3240. The second-order valence-corrected chi connectivity index (χ2v) is 14.4. The molecule has 1 aromatic heterocycles. The first-order valence-electron chi connectivity index (χ1n) is 19.0. The van der Waals surface area contributed by atoms with Crippen LogP contribution in [0.15, 0.2) is 211 Å². The van der Waals surface area contributed by atoms with E-state index in [1.165, 1.54) is 33.0 Å². The van der Waals surface area contributed by atoms with E-state index in [1.54, 1.807) is 0 Å². The van der Waals surface area contributed by atoms with Crippen LogP contribution in [0.5, 0.6) is 0 Å². The summed E-state index contributed by atoms with van der Waals surface area (Å²) in [5, 5.41) is 9.31. The minimum atomic E-state index is 0.627. The fourth-order valence-corrected chi connectivity index (χ4v) is 8.31. The minimum Gasteiger partial charge on any atom is -0.435 e. The van der Waals surface area contributed by atoms with Crippen molar-refractivity contribution in [1.29, 1.82) is 0 Å². The summed E-state index contributed by atoms with van der Waals surface area (Å²) in [5.74, 6) is 0.627. The van der Waals surface area contributed by atoms with Crippen molar-refractivity contribution in [2.75, 3.05) is 4.90 Å². The molecule has 11 rings (SSSR count). The largest absolute Gasteiger partial charge is 0.435 e. The zero-order valence-corrected chi connectivity index (χ0v) is 30.4. The number of hydrogen-bond acceptors (Lipinski definition) is 3. The highest BCUT2D eigenvalue weighted by atomic mass is 16.3. The number of fused-ring (bicyclic) bond motifs is 8. The van der Waals surface area contributed by atoms with Crippen molar-refractivity contribution in [3.63, 3.8) is 0 Å². The molecule has 0 aliphatic heterocycles. The van der Waals surface area contributed by atoms with E-state index in [0.717, 1.165) is 66.0 Å². The van der Waals surface area contributed by atoms with E-state index in [2.05, 4.69) is 181 Å². The summed E-state index contributed by atoms with van der Waals surface area (Å²) in [4.78, 5) is 7.34. The van der Waals surface area contributed by atoms with Crippen LogP contribution in [0, 0.1) is 0 Å². The van der Waals surface area contributed by atoms with Gasteiger partial charge in [0.15, 0.2) is 5.58 Å². The van der Waals surface area contributed by atoms with Crippen LogP contribution < -0.4 is 4.90 Å². The van der Waals surface area contributed by atoms with E-state index in [1.807, 2.05) is 30.3 Å². The molecule has 262 valence electrons. The van der Waals surface area contributed by atoms with E-state index in [4.69, 9.17) is 9.40 Å². The highest BCUT2D eigenvalue weighted by molar-refractivity contribution is 6.27. The quantitative estimate of drug-likeness (QED) is 0.161. The van der Waals surface area contributed by atoms with Gasteiger partial charge in [-0.3, -0.25) is 0 Å². The molecule has 0 bridgehead atoms. The van der Waals surface area contributed by atoms with E-state index in [0.29, 0.717) is 5.89 Å². The smallest absolute Gasteiger partial charge is 0.227 e. The van der Waals surface area contributed by atoms with Gasteiger partial charge in [-0.25, -0.2) is 4.98 Å². The fourth-order valence-electron chi connectivity index (χ4n) is 8.31. The number of nitrogens with zero attached hydrogens (tertiary/aromatic N) is 2. The third kappa shape index (κ3) is 5.40. The van der Waals surface area contributed by atoms with Crippen molar-refractivity contribution >= 4 is 71.3 Å². The van der Waals surface area contributed by atoms with Gasteiger partial charge in [0.1, 0.15) is 5.52 Å². The molecule has 0 amide bonds. The molecule has 0 saturated heterocycles. The summed E-state index contributed by atoms with van der Waals surface area (Å²) >= 11 is 0. The van der Waals surface area contributed by atoms with Gasteiger partial charge in [-0.05, 0) is 104 Å². The van der Waals surface area contributed by atoms with Gasteiger partial charge in [-0.2, -0.15) is 0 Å². The van der Waals surface area contributed by atoms with Crippen LogP contribution in [0.25, 0.3) is 87.9 Å². The summed E-state index contributed by atoms with van der Waals surface area (Å²) in [7, 11) is 0. The molecule has 0 aliphatic carbocycles. The lowest BCUT2D eigenvalue weighted by Crippen LogP contribution is -2.10. The first kappa shape index (κ1) is 32.0. The van der Waals surface area contributed by atoms with Crippen LogP contribution in [0.4, 0.5) is 17.1 Å². The third-order valence-corrected chi connectivity index (χ3v) is 11.0. The molecule has 10 aromatic carbocycles. The lowest BCUT2D eigenvalue weighted by atomic mass is 9.94. The molecule has 1 heterocycles. The van der Waals surface area contributed by atoms with Crippen LogP contribution in [0.1, 0.15) is 0 Å². The molecule has 0 N–H and O–H groups in total. The molecule has 0 radical (unpaired) electrons. The van der Waals surface area contributed by atoms with Gasteiger partial charge in [-0.15, -0.1) is 0 Å². The number of aromatic nitrogens is 1. The Hall–Kier alpha value is -7.49. The standard InChI is InChI=1S/C53H34N2O/c1-3-11-35(12-4-1)42-17-9-18-45(34-42)55(44-29-25-37(26-30-44)43-24-21-36-13-7-8-16-41(36)33-43)49-20-10-19-47-46(49)31-27-38-22-23-39-28-32-48-52(51(39)50(38)47)56-53(54-48)40-14-5-2-6-15-40/h1-34H. The van der Waals surface area contributed by atoms with Gasteiger partial charge in [0.05, 0.1) is 5.69 Å². The van der Waals surface area contributed by atoms with Gasteiger partial charge in [0.25, 0.3) is 0 Å². The van der Waals surface area contributed by atoms with E-state index < -0.39 is 0 Å². The zero-order chi connectivity index (χ0) is 37.0. The average molecular weight is 715 g/mol. The normalized spacial score (nSPS) is 11.6. The Labute approximate surface area is 324 Å². The highest BCUT2D eigenvalue weighted by Crippen LogP contribution is 2.44. The summed E-state index contributed by atoms with van der Waals surface area (Å²) < 4.78 is 6.65. The summed E-state index contributed by atoms with van der Waals surface area (Å²) in [6.07, 6.45) is 0. The molecule has 0 atom stereocenters. The molecule has 0 aliphatic rings. The lowest BCUT2D eigenvalue weighted by Gasteiger charge is -2.28. The number of benzene rings is 10. The maximum Gasteiger partial charge on any atom is 0.227 e. The Morgan fingerprint density at radius 3 is 1.79 bits per heavy atom. The molecule has 3 heteroatoms. The monoisotopic (exact) mass is 714 g/mol. The van der Waals surface area contributed by atoms with Crippen molar-refractivity contribution in [2.45, 2.75) is 0 Å².